The van der Waals surface area contributed by atoms with E-state index in [2.05, 4.69) is 21.2 Å². The first kappa shape index (κ1) is 18.0. The molecule has 6 heteroatoms. The molecule has 0 saturated heterocycles. The molecule has 24 heavy (non-hydrogen) atoms. The minimum atomic E-state index is -0.547. The molecule has 0 aromatic heterocycles. The predicted molar refractivity (Wildman–Crippen MR) is 95.5 cm³/mol. The summed E-state index contributed by atoms with van der Waals surface area (Å²) in [5.41, 5.74) is 2.29. The Morgan fingerprint density at radius 1 is 1.12 bits per heavy atom. The third-order valence-corrected chi connectivity index (χ3v) is 3.64. The van der Waals surface area contributed by atoms with E-state index in [1.54, 1.807) is 24.3 Å². The van der Waals surface area contributed by atoms with Crippen LogP contribution in [0.5, 0.6) is 11.5 Å². The maximum atomic E-state index is 12.0. The zero-order valence-corrected chi connectivity index (χ0v) is 15.3. The average molecular weight is 392 g/mol. The first-order valence-corrected chi connectivity index (χ1v) is 8.13. The van der Waals surface area contributed by atoms with Crippen molar-refractivity contribution in [3.8, 4) is 11.5 Å². The number of aryl methyl sites for hydroxylation is 2. The fraction of sp³-hybridized carbons (Fsp3) is 0.222. The molecule has 0 bridgehead atoms. The zero-order valence-electron chi connectivity index (χ0n) is 13.7. The summed E-state index contributed by atoms with van der Waals surface area (Å²) in [6, 6.07) is 10.6. The summed E-state index contributed by atoms with van der Waals surface area (Å²) in [5.74, 6) is 0.154. The highest BCUT2D eigenvalue weighted by Gasteiger charge is 2.13. The Labute approximate surface area is 149 Å². The van der Waals surface area contributed by atoms with Crippen LogP contribution >= 0.6 is 15.9 Å². The van der Waals surface area contributed by atoms with Crippen molar-refractivity contribution in [1.29, 1.82) is 0 Å². The molecule has 1 N–H and O–H groups in total. The van der Waals surface area contributed by atoms with Gasteiger partial charge in [0.2, 0.25) is 5.91 Å². The highest BCUT2D eigenvalue weighted by atomic mass is 79.9. The lowest BCUT2D eigenvalue weighted by Gasteiger charge is -2.13. The quantitative estimate of drug-likeness (QED) is 0.617. The molecule has 0 fully saturated rings. The lowest BCUT2D eigenvalue weighted by atomic mass is 10.1. The van der Waals surface area contributed by atoms with Crippen LogP contribution < -0.4 is 14.8 Å². The monoisotopic (exact) mass is 391 g/mol. The molecule has 2 aromatic carbocycles. The van der Waals surface area contributed by atoms with Crippen LogP contribution in [0.4, 0.5) is 5.69 Å². The highest BCUT2D eigenvalue weighted by Crippen LogP contribution is 2.28. The number of hydrogen-bond donors (Lipinski definition) is 1. The normalized spacial score (nSPS) is 10.2. The summed E-state index contributed by atoms with van der Waals surface area (Å²) in [5, 5.41) is 2.61. The van der Waals surface area contributed by atoms with Crippen molar-refractivity contribution in [2.45, 2.75) is 20.8 Å². The van der Waals surface area contributed by atoms with E-state index in [0.717, 1.165) is 15.6 Å². The number of nitrogens with one attached hydrogen (secondary N) is 1. The Morgan fingerprint density at radius 2 is 1.75 bits per heavy atom. The van der Waals surface area contributed by atoms with E-state index in [0.29, 0.717) is 11.4 Å². The Balaban J connectivity index is 2.04. The second kappa shape index (κ2) is 7.97. The minimum absolute atomic E-state index is 0.224. The van der Waals surface area contributed by atoms with E-state index in [1.165, 1.54) is 6.92 Å². The van der Waals surface area contributed by atoms with Gasteiger partial charge in [-0.05, 0) is 49.2 Å². The molecule has 0 aliphatic heterocycles. The molecule has 0 aliphatic rings. The number of benzene rings is 2. The van der Waals surface area contributed by atoms with Gasteiger partial charge >= 0.3 is 5.97 Å². The Kier molecular flexibility index (Phi) is 5.98. The fourth-order valence-electron chi connectivity index (χ4n) is 2.26. The van der Waals surface area contributed by atoms with Crippen LogP contribution in [0.1, 0.15) is 18.1 Å². The number of esters is 1. The summed E-state index contributed by atoms with van der Waals surface area (Å²) in [6.07, 6.45) is 0. The van der Waals surface area contributed by atoms with E-state index in [-0.39, 0.29) is 18.3 Å². The van der Waals surface area contributed by atoms with Gasteiger partial charge in [-0.3, -0.25) is 4.79 Å². The van der Waals surface area contributed by atoms with Crippen molar-refractivity contribution in [3.05, 3.63) is 52.0 Å². The van der Waals surface area contributed by atoms with Crippen molar-refractivity contribution in [1.82, 2.24) is 0 Å². The maximum Gasteiger partial charge on any atom is 0.349 e. The smallest absolute Gasteiger partial charge is 0.349 e. The summed E-state index contributed by atoms with van der Waals surface area (Å²) in [7, 11) is 0. The molecule has 5 nitrogen and oxygen atoms in total. The average Bonchev–Trinajstić information content (AvgIpc) is 2.47. The zero-order chi connectivity index (χ0) is 17.7. The first-order valence-electron chi connectivity index (χ1n) is 7.33. The van der Waals surface area contributed by atoms with Crippen LogP contribution in [0.2, 0.25) is 0 Å². The van der Waals surface area contributed by atoms with Crippen LogP contribution in [0.3, 0.4) is 0 Å². The number of carbonyl (C=O) groups excluding carboxylic acids is 2. The number of amides is 1. The molecule has 0 atom stereocenters. The SMILES string of the molecule is CC(=O)Nc1ccccc1OC(=O)COc1c(C)cc(Br)cc1C. The summed E-state index contributed by atoms with van der Waals surface area (Å²) in [4.78, 5) is 23.2. The Hall–Kier alpha value is -2.34. The third-order valence-electron chi connectivity index (χ3n) is 3.18. The number of anilines is 1. The molecule has 2 aromatic rings. The lowest BCUT2D eigenvalue weighted by Crippen LogP contribution is -2.19. The molecule has 1 amide bonds. The van der Waals surface area contributed by atoms with Crippen molar-refractivity contribution >= 4 is 33.5 Å². The molecule has 0 heterocycles. The standard InChI is InChI=1S/C18H18BrNO4/c1-11-8-14(19)9-12(2)18(11)23-10-17(22)24-16-7-5-4-6-15(16)20-13(3)21/h4-9H,10H2,1-3H3,(H,20,21). The van der Waals surface area contributed by atoms with Gasteiger partial charge in [-0.1, -0.05) is 28.1 Å². The molecule has 0 aliphatic carbocycles. The number of para-hydroxylation sites is 2. The third kappa shape index (κ3) is 4.83. The van der Waals surface area contributed by atoms with Crippen molar-refractivity contribution in [2.24, 2.45) is 0 Å². The summed E-state index contributed by atoms with van der Waals surface area (Å²) in [6.45, 7) is 4.98. The van der Waals surface area contributed by atoms with Gasteiger partial charge in [-0.25, -0.2) is 4.79 Å². The van der Waals surface area contributed by atoms with Crippen LogP contribution in [-0.2, 0) is 9.59 Å². The molecule has 0 unspecified atom stereocenters. The van der Waals surface area contributed by atoms with Crippen LogP contribution in [0, 0.1) is 13.8 Å². The van der Waals surface area contributed by atoms with Gasteiger partial charge in [0.1, 0.15) is 5.75 Å². The molecular formula is C18H18BrNO4. The van der Waals surface area contributed by atoms with Gasteiger partial charge in [0.15, 0.2) is 12.4 Å². The van der Waals surface area contributed by atoms with E-state index in [1.807, 2.05) is 26.0 Å². The van der Waals surface area contributed by atoms with Gasteiger partial charge in [-0.2, -0.15) is 0 Å². The second-order valence-electron chi connectivity index (χ2n) is 5.31. The molecule has 2 rings (SSSR count). The van der Waals surface area contributed by atoms with Crippen LogP contribution in [-0.4, -0.2) is 18.5 Å². The van der Waals surface area contributed by atoms with Crippen molar-refractivity contribution in [2.75, 3.05) is 11.9 Å². The van der Waals surface area contributed by atoms with E-state index >= 15 is 0 Å². The topological polar surface area (TPSA) is 64.6 Å². The van der Waals surface area contributed by atoms with Gasteiger partial charge in [-0.15, -0.1) is 0 Å². The van der Waals surface area contributed by atoms with E-state index in [4.69, 9.17) is 9.47 Å². The van der Waals surface area contributed by atoms with Crippen LogP contribution in [0.15, 0.2) is 40.9 Å². The van der Waals surface area contributed by atoms with Crippen molar-refractivity contribution < 1.29 is 19.1 Å². The number of halogens is 1. The lowest BCUT2D eigenvalue weighted by molar-refractivity contribution is -0.136. The van der Waals surface area contributed by atoms with E-state index < -0.39 is 5.97 Å². The summed E-state index contributed by atoms with van der Waals surface area (Å²) < 4.78 is 11.8. The predicted octanol–water partition coefficient (Wildman–Crippen LogP) is 4.01. The molecule has 126 valence electrons. The van der Waals surface area contributed by atoms with Crippen LogP contribution in [0.25, 0.3) is 0 Å². The Morgan fingerprint density at radius 3 is 2.38 bits per heavy atom. The highest BCUT2D eigenvalue weighted by molar-refractivity contribution is 9.10. The van der Waals surface area contributed by atoms with Gasteiger partial charge in [0.25, 0.3) is 0 Å². The number of ether oxygens (including phenoxy) is 2. The van der Waals surface area contributed by atoms with Gasteiger partial charge in [0.05, 0.1) is 5.69 Å². The van der Waals surface area contributed by atoms with Crippen molar-refractivity contribution in [3.63, 3.8) is 0 Å². The Bertz CT molecular complexity index is 750. The molecule has 0 radical (unpaired) electrons. The first-order chi connectivity index (χ1) is 11.4. The summed E-state index contributed by atoms with van der Waals surface area (Å²) >= 11 is 3.42. The van der Waals surface area contributed by atoms with Gasteiger partial charge < -0.3 is 14.8 Å². The minimum Gasteiger partial charge on any atom is -0.481 e. The fourth-order valence-corrected chi connectivity index (χ4v) is 2.94. The molecule has 0 saturated carbocycles. The van der Waals surface area contributed by atoms with E-state index in [9.17, 15) is 9.59 Å². The largest absolute Gasteiger partial charge is 0.481 e. The maximum absolute atomic E-state index is 12.0. The number of carbonyl (C=O) groups is 2. The number of rotatable bonds is 5. The second-order valence-corrected chi connectivity index (χ2v) is 6.22. The number of hydrogen-bond acceptors (Lipinski definition) is 4. The molecule has 0 spiro atoms. The molecular weight excluding hydrogens is 374 g/mol. The van der Waals surface area contributed by atoms with Gasteiger partial charge in [0, 0.05) is 11.4 Å².